The fraction of sp³-hybridized carbons (Fsp3) is 0.174. The summed E-state index contributed by atoms with van der Waals surface area (Å²) in [5.41, 5.74) is 2.49. The van der Waals surface area contributed by atoms with Crippen molar-refractivity contribution in [2.45, 2.75) is 26.8 Å². The smallest absolute Gasteiger partial charge is 0.275 e. The lowest BCUT2D eigenvalue weighted by molar-refractivity contribution is -0.116. The Bertz CT molecular complexity index is 1430. The molecule has 2 aromatic heterocycles. The first-order valence-corrected chi connectivity index (χ1v) is 9.85. The molecule has 4 rings (SSSR count). The van der Waals surface area contributed by atoms with Gasteiger partial charge in [0.25, 0.3) is 5.56 Å². The molecule has 4 aromatic rings. The minimum Gasteiger partial charge on any atom is -0.325 e. The molecule has 0 saturated carbocycles. The third-order valence-electron chi connectivity index (χ3n) is 5.02. The van der Waals surface area contributed by atoms with Crippen LogP contribution in [0.1, 0.15) is 16.8 Å². The van der Waals surface area contributed by atoms with Crippen molar-refractivity contribution in [3.05, 3.63) is 81.5 Å². The molecular formula is C23H19FN6O2. The molecule has 1 amide bonds. The van der Waals surface area contributed by atoms with Gasteiger partial charge in [-0.25, -0.2) is 4.39 Å². The topological polar surface area (TPSA) is 105 Å². The Labute approximate surface area is 182 Å². The van der Waals surface area contributed by atoms with Crippen molar-refractivity contribution >= 4 is 17.4 Å². The quantitative estimate of drug-likeness (QED) is 0.524. The zero-order chi connectivity index (χ0) is 22.8. The number of hydrogen-bond acceptors (Lipinski definition) is 5. The minimum absolute atomic E-state index is 0.0509. The SMILES string of the molecule is Cc1ccc(NC(=O)Cn2c(C)cc(=O)n3nc(-c4ccc(CC#N)c(F)c4)nc23)cc1. The van der Waals surface area contributed by atoms with E-state index >= 15 is 0 Å². The van der Waals surface area contributed by atoms with Crippen LogP contribution in [0.4, 0.5) is 10.1 Å². The maximum absolute atomic E-state index is 14.3. The standard InChI is InChI=1S/C23H19FN6O2/c1-14-3-7-18(8-4-14)26-20(31)13-29-15(2)11-21(32)30-23(29)27-22(28-30)17-6-5-16(9-10-25)19(24)12-17/h3-8,11-12H,9,13H2,1-2H3,(H,26,31). The van der Waals surface area contributed by atoms with Gasteiger partial charge in [0.1, 0.15) is 12.4 Å². The lowest BCUT2D eigenvalue weighted by atomic mass is 10.1. The summed E-state index contributed by atoms with van der Waals surface area (Å²) >= 11 is 0. The highest BCUT2D eigenvalue weighted by atomic mass is 19.1. The van der Waals surface area contributed by atoms with E-state index in [4.69, 9.17) is 5.26 Å². The van der Waals surface area contributed by atoms with E-state index in [-0.39, 0.29) is 36.0 Å². The van der Waals surface area contributed by atoms with E-state index in [0.29, 0.717) is 16.9 Å². The van der Waals surface area contributed by atoms with Gasteiger partial charge in [0.2, 0.25) is 11.7 Å². The van der Waals surface area contributed by atoms with Gasteiger partial charge in [-0.2, -0.15) is 14.8 Å². The van der Waals surface area contributed by atoms with Crippen molar-refractivity contribution in [2.24, 2.45) is 0 Å². The summed E-state index contributed by atoms with van der Waals surface area (Å²) in [5, 5.41) is 15.8. The van der Waals surface area contributed by atoms with Gasteiger partial charge < -0.3 is 9.88 Å². The molecule has 0 fully saturated rings. The van der Waals surface area contributed by atoms with E-state index in [9.17, 15) is 14.0 Å². The largest absolute Gasteiger partial charge is 0.325 e. The molecule has 0 unspecified atom stereocenters. The highest BCUT2D eigenvalue weighted by Gasteiger charge is 2.16. The Morgan fingerprint density at radius 3 is 2.59 bits per heavy atom. The summed E-state index contributed by atoms with van der Waals surface area (Å²) in [6, 6.07) is 15.0. The predicted octanol–water partition coefficient (Wildman–Crippen LogP) is 3.02. The average Bonchev–Trinajstić information content (AvgIpc) is 3.20. The van der Waals surface area contributed by atoms with E-state index in [1.165, 1.54) is 18.2 Å². The van der Waals surface area contributed by atoms with E-state index in [1.807, 2.05) is 25.1 Å². The number of rotatable bonds is 5. The second kappa shape index (κ2) is 8.43. The first-order chi connectivity index (χ1) is 15.4. The Hall–Kier alpha value is -4.32. The van der Waals surface area contributed by atoms with Crippen LogP contribution >= 0.6 is 0 Å². The highest BCUT2D eigenvalue weighted by molar-refractivity contribution is 5.90. The van der Waals surface area contributed by atoms with Crippen molar-refractivity contribution in [3.63, 3.8) is 0 Å². The number of nitriles is 1. The number of fused-ring (bicyclic) bond motifs is 1. The second-order valence-corrected chi connectivity index (χ2v) is 7.41. The molecule has 0 spiro atoms. The number of aryl methyl sites for hydroxylation is 2. The molecule has 0 aliphatic rings. The summed E-state index contributed by atoms with van der Waals surface area (Å²) in [6.45, 7) is 3.57. The van der Waals surface area contributed by atoms with Crippen molar-refractivity contribution in [2.75, 3.05) is 5.32 Å². The van der Waals surface area contributed by atoms with Crippen molar-refractivity contribution in [1.29, 1.82) is 5.26 Å². The summed E-state index contributed by atoms with van der Waals surface area (Å²) in [7, 11) is 0. The monoisotopic (exact) mass is 430 g/mol. The van der Waals surface area contributed by atoms with E-state index in [2.05, 4.69) is 15.4 Å². The molecule has 8 nitrogen and oxygen atoms in total. The van der Waals surface area contributed by atoms with Crippen LogP contribution in [0.25, 0.3) is 17.2 Å². The van der Waals surface area contributed by atoms with E-state index in [1.54, 1.807) is 29.7 Å². The van der Waals surface area contributed by atoms with Gasteiger partial charge in [0, 0.05) is 28.6 Å². The maximum Gasteiger partial charge on any atom is 0.275 e. The van der Waals surface area contributed by atoms with E-state index < -0.39 is 11.4 Å². The molecule has 2 heterocycles. The number of nitrogens with zero attached hydrogens (tertiary/aromatic N) is 5. The summed E-state index contributed by atoms with van der Waals surface area (Å²) in [5.74, 6) is -0.529. The zero-order valence-electron chi connectivity index (χ0n) is 17.5. The number of nitrogens with one attached hydrogen (secondary N) is 1. The third kappa shape index (κ3) is 4.11. The van der Waals surface area contributed by atoms with Crippen LogP contribution in [0, 0.1) is 31.0 Å². The number of anilines is 1. The number of benzene rings is 2. The molecule has 32 heavy (non-hydrogen) atoms. The molecule has 0 radical (unpaired) electrons. The first-order valence-electron chi connectivity index (χ1n) is 9.85. The molecule has 0 aliphatic heterocycles. The molecule has 160 valence electrons. The minimum atomic E-state index is -0.549. The molecule has 0 bridgehead atoms. The number of amides is 1. The van der Waals surface area contributed by atoms with Crippen LogP contribution < -0.4 is 10.9 Å². The number of halogens is 1. The van der Waals surface area contributed by atoms with Crippen molar-refractivity contribution in [1.82, 2.24) is 19.2 Å². The third-order valence-corrected chi connectivity index (χ3v) is 5.02. The fourth-order valence-corrected chi connectivity index (χ4v) is 3.32. The summed E-state index contributed by atoms with van der Waals surface area (Å²) < 4.78 is 16.9. The molecule has 1 N–H and O–H groups in total. The lowest BCUT2D eigenvalue weighted by Gasteiger charge is -2.11. The van der Waals surface area contributed by atoms with Crippen molar-refractivity contribution < 1.29 is 9.18 Å². The Balaban J connectivity index is 1.69. The van der Waals surface area contributed by atoms with Gasteiger partial charge in [-0.05, 0) is 32.0 Å². The van der Waals surface area contributed by atoms with Gasteiger partial charge in [-0.1, -0.05) is 29.8 Å². The Morgan fingerprint density at radius 2 is 1.91 bits per heavy atom. The Morgan fingerprint density at radius 1 is 1.16 bits per heavy atom. The van der Waals surface area contributed by atoms with Crippen LogP contribution in [-0.4, -0.2) is 25.1 Å². The van der Waals surface area contributed by atoms with Gasteiger partial charge in [0.05, 0.1) is 12.5 Å². The van der Waals surface area contributed by atoms with Crippen LogP contribution in [0.15, 0.2) is 53.3 Å². The molecule has 0 saturated heterocycles. The number of aromatic nitrogens is 4. The van der Waals surface area contributed by atoms with Crippen LogP contribution in [0.3, 0.4) is 0 Å². The predicted molar refractivity (Wildman–Crippen MR) is 117 cm³/mol. The average molecular weight is 430 g/mol. The second-order valence-electron chi connectivity index (χ2n) is 7.41. The zero-order valence-corrected chi connectivity index (χ0v) is 17.5. The summed E-state index contributed by atoms with van der Waals surface area (Å²) in [4.78, 5) is 29.5. The first kappa shape index (κ1) is 20.9. The maximum atomic E-state index is 14.3. The van der Waals surface area contributed by atoms with Crippen LogP contribution in [0.5, 0.6) is 0 Å². The molecular weight excluding hydrogens is 411 g/mol. The molecule has 0 aliphatic carbocycles. The number of carbonyl (C=O) groups excluding carboxylic acids is 1. The van der Waals surface area contributed by atoms with Gasteiger partial charge >= 0.3 is 0 Å². The van der Waals surface area contributed by atoms with Crippen LogP contribution in [-0.2, 0) is 17.8 Å². The fourth-order valence-electron chi connectivity index (χ4n) is 3.32. The van der Waals surface area contributed by atoms with Crippen molar-refractivity contribution in [3.8, 4) is 17.5 Å². The summed E-state index contributed by atoms with van der Waals surface area (Å²) in [6.07, 6.45) is -0.0509. The normalized spacial score (nSPS) is 10.8. The highest BCUT2D eigenvalue weighted by Crippen LogP contribution is 2.20. The number of hydrogen-bond donors (Lipinski definition) is 1. The van der Waals surface area contributed by atoms with Crippen LogP contribution in [0.2, 0.25) is 0 Å². The molecule has 9 heteroatoms. The number of carbonyl (C=O) groups is 1. The van der Waals surface area contributed by atoms with E-state index in [0.717, 1.165) is 10.1 Å². The van der Waals surface area contributed by atoms with Gasteiger partial charge in [0.15, 0.2) is 5.82 Å². The lowest BCUT2D eigenvalue weighted by Crippen LogP contribution is -2.25. The molecule has 0 atom stereocenters. The molecule has 2 aromatic carbocycles. The Kier molecular flexibility index (Phi) is 5.52. The van der Waals surface area contributed by atoms with Gasteiger partial charge in [-0.3, -0.25) is 9.59 Å². The van der Waals surface area contributed by atoms with Gasteiger partial charge in [-0.15, -0.1) is 5.10 Å².